The lowest BCUT2D eigenvalue weighted by atomic mass is 9.77. The quantitative estimate of drug-likeness (QED) is 0.344. The highest BCUT2D eigenvalue weighted by Crippen LogP contribution is 2.46. The smallest absolute Gasteiger partial charge is 0.138 e. The molecular formula is C32H34O6. The first-order valence-corrected chi connectivity index (χ1v) is 12.7. The lowest BCUT2D eigenvalue weighted by Crippen LogP contribution is -2.34. The maximum atomic E-state index is 11.1. The second-order valence-electron chi connectivity index (χ2n) is 12.1. The Balaban J connectivity index is 1.56. The van der Waals surface area contributed by atoms with Crippen molar-refractivity contribution in [2.45, 2.75) is 47.6 Å². The Kier molecular flexibility index (Phi) is 5.99. The molecular weight excluding hydrogens is 480 g/mol. The summed E-state index contributed by atoms with van der Waals surface area (Å²) in [6.07, 6.45) is 6.55. The lowest BCUT2D eigenvalue weighted by Gasteiger charge is -2.35. The van der Waals surface area contributed by atoms with Crippen molar-refractivity contribution >= 4 is 11.1 Å². The van der Waals surface area contributed by atoms with E-state index in [-0.39, 0.29) is 28.1 Å². The van der Waals surface area contributed by atoms with Crippen molar-refractivity contribution in [1.82, 2.24) is 0 Å². The molecule has 0 aromatic heterocycles. The molecule has 2 aromatic carbocycles. The van der Waals surface area contributed by atoms with Gasteiger partial charge in [0.25, 0.3) is 0 Å². The first kappa shape index (κ1) is 25.7. The van der Waals surface area contributed by atoms with Gasteiger partial charge in [-0.25, -0.2) is 0 Å². The van der Waals surface area contributed by atoms with Crippen LogP contribution in [0.15, 0.2) is 83.6 Å². The monoisotopic (exact) mass is 514 g/mol. The largest absolute Gasteiger partial charge is 0.511 e. The van der Waals surface area contributed by atoms with Crippen molar-refractivity contribution in [2.24, 2.45) is 16.7 Å². The normalized spacial score (nSPS) is 23.1. The van der Waals surface area contributed by atoms with E-state index in [1.165, 1.54) is 0 Å². The molecule has 0 radical (unpaired) electrons. The van der Waals surface area contributed by atoms with Crippen molar-refractivity contribution < 1.29 is 29.9 Å². The second-order valence-corrected chi connectivity index (χ2v) is 12.1. The van der Waals surface area contributed by atoms with E-state index in [1.54, 1.807) is 42.5 Å². The van der Waals surface area contributed by atoms with Crippen LogP contribution in [-0.4, -0.2) is 26.5 Å². The van der Waals surface area contributed by atoms with Crippen molar-refractivity contribution in [1.29, 1.82) is 0 Å². The topological polar surface area (TPSA) is 99.4 Å². The molecule has 4 N–H and O–H groups in total. The molecule has 2 unspecified atom stereocenters. The van der Waals surface area contributed by atoms with Crippen LogP contribution in [0.4, 0.5) is 0 Å². The maximum absolute atomic E-state index is 11.1. The van der Waals surface area contributed by atoms with Crippen LogP contribution in [0.2, 0.25) is 0 Å². The van der Waals surface area contributed by atoms with Crippen molar-refractivity contribution in [3.63, 3.8) is 0 Å². The lowest BCUT2D eigenvalue weighted by molar-refractivity contribution is 0.113. The average molecular weight is 515 g/mol. The van der Waals surface area contributed by atoms with Crippen LogP contribution in [0.3, 0.4) is 0 Å². The van der Waals surface area contributed by atoms with E-state index >= 15 is 0 Å². The number of fused-ring (bicyclic) bond motifs is 2. The van der Waals surface area contributed by atoms with Gasteiger partial charge < -0.3 is 29.9 Å². The molecule has 0 amide bonds. The number of benzene rings is 2. The fourth-order valence-corrected chi connectivity index (χ4v) is 4.68. The summed E-state index contributed by atoms with van der Waals surface area (Å²) in [5, 5.41) is 42.2. The first-order chi connectivity index (χ1) is 17.7. The number of hydrogen-bond acceptors (Lipinski definition) is 6. The predicted molar refractivity (Wildman–Crippen MR) is 148 cm³/mol. The third-order valence-electron chi connectivity index (χ3n) is 6.98. The number of allylic oxidation sites excluding steroid dienone is 6. The highest BCUT2D eigenvalue weighted by atomic mass is 16.5. The maximum Gasteiger partial charge on any atom is 0.138 e. The number of rotatable bonds is 2. The summed E-state index contributed by atoms with van der Waals surface area (Å²) in [5.74, 6) is 2.20. The number of aliphatic hydroxyl groups excluding tert-OH is 2. The molecule has 6 heteroatoms. The summed E-state index contributed by atoms with van der Waals surface area (Å²) in [7, 11) is 0. The van der Waals surface area contributed by atoms with Crippen LogP contribution in [0.1, 0.15) is 52.7 Å². The van der Waals surface area contributed by atoms with Crippen LogP contribution in [-0.2, 0) is 0 Å². The third-order valence-corrected chi connectivity index (χ3v) is 6.98. The summed E-state index contributed by atoms with van der Waals surface area (Å²) in [6, 6.07) is 9.86. The minimum Gasteiger partial charge on any atom is -0.511 e. The molecule has 6 nitrogen and oxygen atoms in total. The van der Waals surface area contributed by atoms with E-state index in [1.807, 2.05) is 59.8 Å². The molecule has 0 saturated carbocycles. The van der Waals surface area contributed by atoms with Gasteiger partial charge in [-0.05, 0) is 53.6 Å². The van der Waals surface area contributed by atoms with E-state index in [2.05, 4.69) is 0 Å². The highest BCUT2D eigenvalue weighted by Gasteiger charge is 2.39. The van der Waals surface area contributed by atoms with Crippen molar-refractivity contribution in [3.05, 3.63) is 94.7 Å². The Labute approximate surface area is 223 Å². The minimum atomic E-state index is -0.917. The van der Waals surface area contributed by atoms with Crippen LogP contribution >= 0.6 is 0 Å². The summed E-state index contributed by atoms with van der Waals surface area (Å²) in [4.78, 5) is 0. The molecule has 0 saturated heterocycles. The van der Waals surface area contributed by atoms with Crippen LogP contribution in [0, 0.1) is 16.7 Å². The van der Waals surface area contributed by atoms with Gasteiger partial charge >= 0.3 is 0 Å². The van der Waals surface area contributed by atoms with Crippen LogP contribution in [0.5, 0.6) is 23.0 Å². The van der Waals surface area contributed by atoms with E-state index < -0.39 is 12.0 Å². The SMILES string of the molecule is CC(C)(C)C1=C/C(=C\C2=C(O)C(/C=C3\C=C(C(C)(C)C)Oc4cc(O)ccc43)C2O)c2ccc(O)cc2O1. The van der Waals surface area contributed by atoms with E-state index in [0.717, 1.165) is 33.8 Å². The zero-order valence-electron chi connectivity index (χ0n) is 22.5. The molecule has 2 aliphatic heterocycles. The van der Waals surface area contributed by atoms with E-state index in [9.17, 15) is 20.4 Å². The predicted octanol–water partition coefficient (Wildman–Crippen LogP) is 7.01. The fraction of sp³-hybridized carbons (Fsp3) is 0.312. The van der Waals surface area contributed by atoms with E-state index in [4.69, 9.17) is 9.47 Å². The number of aromatic hydroxyl groups is 2. The Hall–Kier alpha value is -3.90. The molecule has 2 atom stereocenters. The van der Waals surface area contributed by atoms with Gasteiger partial charge in [-0.3, -0.25) is 0 Å². The Bertz CT molecular complexity index is 1470. The van der Waals surface area contributed by atoms with Gasteiger partial charge in [0.05, 0.1) is 12.0 Å². The number of phenols is 2. The number of phenolic OH excluding ortho intramolecular Hbond substituents is 2. The van der Waals surface area contributed by atoms with Crippen LogP contribution in [0.25, 0.3) is 11.1 Å². The fourth-order valence-electron chi connectivity index (χ4n) is 4.68. The minimum absolute atomic E-state index is 0.0903. The number of ether oxygens (including phenoxy) is 2. The molecule has 2 aromatic rings. The number of hydrogen-bond donors (Lipinski definition) is 4. The second kappa shape index (κ2) is 8.84. The summed E-state index contributed by atoms with van der Waals surface area (Å²) in [5.41, 5.74) is 3.00. The summed E-state index contributed by atoms with van der Waals surface area (Å²) < 4.78 is 12.1. The number of aliphatic hydroxyl groups is 2. The zero-order valence-corrected chi connectivity index (χ0v) is 22.5. The van der Waals surface area contributed by atoms with Gasteiger partial charge in [0.2, 0.25) is 0 Å². The molecule has 0 spiro atoms. The van der Waals surface area contributed by atoms with Gasteiger partial charge in [0.1, 0.15) is 40.3 Å². The standard InChI is InChI=1S/C32H34O6/c1-31(2,3)27-13-17(21-9-7-19(33)15-25(21)37-27)11-23-29(35)24(30(23)36)12-18-14-28(32(4,5)6)38-26-16-20(34)8-10-22(18)26/h7-16,23,29,33-36H,1-6H3/b17-11+,18-12+. The van der Waals surface area contributed by atoms with Crippen molar-refractivity contribution in [2.75, 3.05) is 0 Å². The average Bonchev–Trinajstić information content (AvgIpc) is 2.83. The molecule has 38 heavy (non-hydrogen) atoms. The Morgan fingerprint density at radius 3 is 1.66 bits per heavy atom. The molecule has 2 heterocycles. The highest BCUT2D eigenvalue weighted by molar-refractivity contribution is 5.84. The summed E-state index contributed by atoms with van der Waals surface area (Å²) >= 11 is 0. The van der Waals surface area contributed by atoms with Gasteiger partial charge in [0.15, 0.2) is 0 Å². The summed E-state index contributed by atoms with van der Waals surface area (Å²) in [6.45, 7) is 12.2. The van der Waals surface area contributed by atoms with Gasteiger partial charge in [-0.1, -0.05) is 47.6 Å². The Morgan fingerprint density at radius 2 is 1.18 bits per heavy atom. The molecule has 5 rings (SSSR count). The molecule has 0 fully saturated rings. The zero-order chi connectivity index (χ0) is 27.6. The molecule has 0 bridgehead atoms. The van der Waals surface area contributed by atoms with Gasteiger partial charge in [0, 0.05) is 39.7 Å². The third kappa shape index (κ3) is 4.61. The first-order valence-electron chi connectivity index (χ1n) is 12.7. The Morgan fingerprint density at radius 1 is 0.711 bits per heavy atom. The van der Waals surface area contributed by atoms with Crippen molar-refractivity contribution in [3.8, 4) is 23.0 Å². The molecule has 198 valence electrons. The van der Waals surface area contributed by atoms with Gasteiger partial charge in [-0.15, -0.1) is 0 Å². The molecule has 3 aliphatic rings. The molecule has 1 aliphatic carbocycles. The van der Waals surface area contributed by atoms with Gasteiger partial charge in [-0.2, -0.15) is 0 Å². The van der Waals surface area contributed by atoms with E-state index in [0.29, 0.717) is 17.1 Å². The van der Waals surface area contributed by atoms with Crippen LogP contribution < -0.4 is 9.47 Å².